The number of Topliss-reactive ketones (excluding diaryl/α,β-unsaturated/α-hetero) is 1. The van der Waals surface area contributed by atoms with Crippen LogP contribution in [0.2, 0.25) is 0 Å². The van der Waals surface area contributed by atoms with Gasteiger partial charge in [0.25, 0.3) is 5.78 Å². The highest BCUT2D eigenvalue weighted by atomic mass is 16.6. The summed E-state index contributed by atoms with van der Waals surface area (Å²) in [6.07, 6.45) is 5.18. The van der Waals surface area contributed by atoms with E-state index >= 15 is 0 Å². The van der Waals surface area contributed by atoms with E-state index in [1.54, 1.807) is 20.8 Å². The second-order valence-electron chi connectivity index (χ2n) is 12.2. The van der Waals surface area contributed by atoms with E-state index in [-0.39, 0.29) is 35.5 Å². The van der Waals surface area contributed by atoms with Crippen LogP contribution < -0.4 is 10.6 Å². The molecule has 2 saturated carbocycles. The van der Waals surface area contributed by atoms with Gasteiger partial charge in [0.2, 0.25) is 11.8 Å². The Hall–Kier alpha value is -2.91. The lowest BCUT2D eigenvalue weighted by atomic mass is 9.83. The van der Waals surface area contributed by atoms with Gasteiger partial charge in [0.15, 0.2) is 0 Å². The minimum atomic E-state index is -1.64. The number of carbonyl (C=O) groups excluding carboxylic acids is 4. The van der Waals surface area contributed by atoms with Crippen molar-refractivity contribution in [2.75, 3.05) is 6.54 Å². The average molecular weight is 520 g/mol. The summed E-state index contributed by atoms with van der Waals surface area (Å²) >= 11 is 0. The normalized spacial score (nSPS) is 26.3. The number of ketones is 1. The largest absolute Gasteiger partial charge is 0.475 e. The summed E-state index contributed by atoms with van der Waals surface area (Å²) in [5.74, 6) is -3.80. The molecule has 3 N–H and O–H groups in total. The van der Waals surface area contributed by atoms with Gasteiger partial charge in [0.05, 0.1) is 0 Å². The van der Waals surface area contributed by atoms with Crippen LogP contribution in [-0.4, -0.2) is 69.9 Å². The van der Waals surface area contributed by atoms with Crippen molar-refractivity contribution in [3.8, 4) is 0 Å². The van der Waals surface area contributed by atoms with Crippen molar-refractivity contribution in [1.82, 2.24) is 15.5 Å². The number of fused-ring (bicyclic) bond motifs is 1. The van der Waals surface area contributed by atoms with Crippen LogP contribution in [0.15, 0.2) is 12.7 Å². The number of alkyl carbamates (subject to hydrolysis) is 1. The number of hydrogen-bond acceptors (Lipinski definition) is 6. The number of likely N-dealkylation sites (tertiary alicyclic amines) is 1. The minimum Gasteiger partial charge on any atom is -0.475 e. The molecule has 1 heterocycles. The lowest BCUT2D eigenvalue weighted by Gasteiger charge is -2.37. The fraction of sp³-hybridized carbons (Fsp3) is 0.741. The van der Waals surface area contributed by atoms with Crippen molar-refractivity contribution >= 4 is 29.7 Å². The zero-order valence-corrected chi connectivity index (χ0v) is 22.5. The second-order valence-corrected chi connectivity index (χ2v) is 12.2. The lowest BCUT2D eigenvalue weighted by molar-refractivity contribution is -0.151. The number of amides is 3. The zero-order valence-electron chi connectivity index (χ0n) is 22.5. The summed E-state index contributed by atoms with van der Waals surface area (Å²) in [7, 11) is 0. The number of hydrogen-bond donors (Lipinski definition) is 3. The van der Waals surface area contributed by atoms with Gasteiger partial charge >= 0.3 is 12.1 Å². The average Bonchev–Trinajstić information content (AvgIpc) is 3.14. The number of piperidine rings is 1. The zero-order chi connectivity index (χ0) is 27.7. The van der Waals surface area contributed by atoms with Crippen molar-refractivity contribution in [3.05, 3.63) is 12.7 Å². The Balaban J connectivity index is 1.86. The summed E-state index contributed by atoms with van der Waals surface area (Å²) in [4.78, 5) is 65.2. The Morgan fingerprint density at radius 3 is 2.27 bits per heavy atom. The van der Waals surface area contributed by atoms with Crippen molar-refractivity contribution < 1.29 is 33.8 Å². The van der Waals surface area contributed by atoms with E-state index in [2.05, 4.69) is 17.2 Å². The van der Waals surface area contributed by atoms with Gasteiger partial charge in [-0.3, -0.25) is 14.4 Å². The van der Waals surface area contributed by atoms with E-state index in [9.17, 15) is 29.1 Å². The van der Waals surface area contributed by atoms with Gasteiger partial charge in [-0.15, -0.1) is 6.58 Å². The van der Waals surface area contributed by atoms with Crippen molar-refractivity contribution in [3.63, 3.8) is 0 Å². The molecular weight excluding hydrogens is 478 g/mol. The summed E-state index contributed by atoms with van der Waals surface area (Å²) < 4.78 is 5.43. The number of aliphatic carboxylic acids is 1. The maximum Gasteiger partial charge on any atom is 0.408 e. The fourth-order valence-electron chi connectivity index (χ4n) is 6.08. The third-order valence-electron chi connectivity index (χ3n) is 8.07. The topological polar surface area (TPSA) is 142 Å². The third kappa shape index (κ3) is 6.33. The lowest BCUT2D eigenvalue weighted by Crippen LogP contribution is -2.59. The van der Waals surface area contributed by atoms with Gasteiger partial charge in [-0.25, -0.2) is 9.59 Å². The molecule has 0 radical (unpaired) electrons. The van der Waals surface area contributed by atoms with Gasteiger partial charge in [-0.1, -0.05) is 39.2 Å². The molecule has 206 valence electrons. The molecule has 3 rings (SSSR count). The van der Waals surface area contributed by atoms with Gasteiger partial charge < -0.3 is 25.4 Å². The van der Waals surface area contributed by atoms with Gasteiger partial charge in [-0.2, -0.15) is 0 Å². The maximum absolute atomic E-state index is 14.0. The molecule has 1 saturated heterocycles. The van der Waals surface area contributed by atoms with Crippen molar-refractivity contribution in [2.24, 2.45) is 23.2 Å². The molecule has 3 fully saturated rings. The Bertz CT molecular complexity index is 948. The number of rotatable bonds is 9. The molecule has 0 bridgehead atoms. The van der Waals surface area contributed by atoms with E-state index in [1.807, 2.05) is 13.8 Å². The molecule has 37 heavy (non-hydrogen) atoms. The van der Waals surface area contributed by atoms with Gasteiger partial charge in [-0.05, 0) is 63.2 Å². The van der Waals surface area contributed by atoms with Crippen LogP contribution in [0, 0.1) is 23.2 Å². The number of carboxylic acids is 1. The Morgan fingerprint density at radius 2 is 1.73 bits per heavy atom. The number of carbonyl (C=O) groups is 5. The predicted molar refractivity (Wildman–Crippen MR) is 135 cm³/mol. The highest BCUT2D eigenvalue weighted by Gasteiger charge is 2.69. The molecular formula is C27H41N3O7. The highest BCUT2D eigenvalue weighted by molar-refractivity contribution is 6.35. The van der Waals surface area contributed by atoms with Crippen LogP contribution in [0.1, 0.15) is 73.1 Å². The maximum atomic E-state index is 14.0. The van der Waals surface area contributed by atoms with Crippen LogP contribution in [0.25, 0.3) is 0 Å². The summed E-state index contributed by atoms with van der Waals surface area (Å²) in [5, 5.41) is 14.5. The minimum absolute atomic E-state index is 0.0417. The van der Waals surface area contributed by atoms with Crippen LogP contribution in [-0.2, 0) is 23.9 Å². The molecule has 0 aromatic rings. The van der Waals surface area contributed by atoms with Gasteiger partial charge in [0, 0.05) is 6.54 Å². The molecule has 0 aromatic heterocycles. The Kier molecular flexibility index (Phi) is 8.39. The predicted octanol–water partition coefficient (Wildman–Crippen LogP) is 2.66. The molecule has 10 heteroatoms. The van der Waals surface area contributed by atoms with E-state index in [1.165, 1.54) is 11.0 Å². The molecule has 3 aliphatic rings. The summed E-state index contributed by atoms with van der Waals surface area (Å²) in [6.45, 7) is 13.2. The smallest absolute Gasteiger partial charge is 0.408 e. The quantitative estimate of drug-likeness (QED) is 0.314. The Labute approximate surface area is 218 Å². The van der Waals surface area contributed by atoms with Crippen molar-refractivity contribution in [2.45, 2.75) is 96.9 Å². The number of ether oxygens (including phenoxy) is 1. The number of nitrogens with zero attached hydrogens (tertiary/aromatic N) is 1. The number of nitrogens with one attached hydrogen (secondary N) is 2. The number of carboxylic acid groups (broad SMARTS) is 1. The molecule has 1 aliphatic heterocycles. The molecule has 0 spiro atoms. The van der Waals surface area contributed by atoms with E-state index < -0.39 is 47.5 Å². The van der Waals surface area contributed by atoms with E-state index in [0.29, 0.717) is 6.54 Å². The van der Waals surface area contributed by atoms with Gasteiger partial charge in [0.1, 0.15) is 23.7 Å². The Morgan fingerprint density at radius 1 is 1.11 bits per heavy atom. The highest BCUT2D eigenvalue weighted by Crippen LogP contribution is 2.65. The third-order valence-corrected chi connectivity index (χ3v) is 8.07. The molecule has 2 aliphatic carbocycles. The van der Waals surface area contributed by atoms with E-state index in [0.717, 1.165) is 32.1 Å². The first-order chi connectivity index (χ1) is 17.2. The second kappa shape index (κ2) is 10.8. The first-order valence-electron chi connectivity index (χ1n) is 13.2. The molecule has 5 atom stereocenters. The summed E-state index contributed by atoms with van der Waals surface area (Å²) in [6, 6.07) is -2.97. The standard InChI is InChI=1S/C27H41N3O7/c1-7-11-17(21(31)24(34)35)28-22(32)20-18-16(27(18,5)6)14-30(20)23(33)19(15-12-9-8-10-13-15)29-25(36)37-26(2,3)4/h7,15-20H,1,8-14H2,2-6H3,(H,28,32)(H,29,36)(H,34,35). The molecule has 10 nitrogen and oxygen atoms in total. The molecule has 5 unspecified atom stereocenters. The van der Waals surface area contributed by atoms with Crippen LogP contribution in [0.4, 0.5) is 4.79 Å². The SMILES string of the molecule is C=CCC(NC(=O)C1C2C(CN1C(=O)C(NC(=O)OC(C)(C)C)C1CCCCC1)C2(C)C)C(=O)C(=O)O. The van der Waals surface area contributed by atoms with Crippen LogP contribution >= 0.6 is 0 Å². The monoisotopic (exact) mass is 519 g/mol. The first-order valence-corrected chi connectivity index (χ1v) is 13.2. The van der Waals surface area contributed by atoms with Crippen molar-refractivity contribution in [1.29, 1.82) is 0 Å². The first kappa shape index (κ1) is 28.7. The van der Waals surface area contributed by atoms with Crippen LogP contribution in [0.5, 0.6) is 0 Å². The van der Waals surface area contributed by atoms with E-state index in [4.69, 9.17) is 4.74 Å². The van der Waals surface area contributed by atoms with Crippen LogP contribution in [0.3, 0.4) is 0 Å². The molecule has 0 aromatic carbocycles. The fourth-order valence-corrected chi connectivity index (χ4v) is 6.08. The molecule has 3 amide bonds. The summed E-state index contributed by atoms with van der Waals surface area (Å²) in [5.41, 5.74) is -0.911.